The van der Waals surface area contributed by atoms with Gasteiger partial charge in [0.2, 0.25) is 0 Å². The van der Waals surface area contributed by atoms with E-state index in [-0.39, 0.29) is 5.75 Å². The van der Waals surface area contributed by atoms with Crippen molar-refractivity contribution in [3.63, 3.8) is 0 Å². The molecule has 0 aliphatic carbocycles. The number of hydrogen-bond acceptors (Lipinski definition) is 3. The summed E-state index contributed by atoms with van der Waals surface area (Å²) < 4.78 is 0. The molecule has 0 atom stereocenters. The highest BCUT2D eigenvalue weighted by molar-refractivity contribution is 7.78. The molecule has 1 N–H and O–H groups in total. The number of benzene rings is 2. The second-order valence-corrected chi connectivity index (χ2v) is 3.45. The first-order valence-electron chi connectivity index (χ1n) is 4.77. The molecular formula is C13H9NOS. The molecule has 0 heterocycles. The van der Waals surface area contributed by atoms with E-state index in [9.17, 15) is 5.11 Å². The van der Waals surface area contributed by atoms with Gasteiger partial charge in [0.15, 0.2) is 0 Å². The van der Waals surface area contributed by atoms with Crippen molar-refractivity contribution in [1.29, 1.82) is 0 Å². The molecule has 0 fully saturated rings. The number of phenolic OH excluding ortho intramolecular Hbond substituents is 1. The predicted octanol–water partition coefficient (Wildman–Crippen LogP) is 3.79. The average molecular weight is 227 g/mol. The molecule has 0 aliphatic rings. The van der Waals surface area contributed by atoms with E-state index in [1.54, 1.807) is 12.1 Å². The van der Waals surface area contributed by atoms with Crippen LogP contribution >= 0.6 is 12.2 Å². The largest absolute Gasteiger partial charge is 0.507 e. The highest BCUT2D eigenvalue weighted by Crippen LogP contribution is 2.29. The van der Waals surface area contributed by atoms with Gasteiger partial charge in [-0.3, -0.25) is 0 Å². The second kappa shape index (κ2) is 4.71. The van der Waals surface area contributed by atoms with Crippen LogP contribution in [0.1, 0.15) is 0 Å². The van der Waals surface area contributed by atoms with Crippen LogP contribution in [0.3, 0.4) is 0 Å². The zero-order valence-electron chi connectivity index (χ0n) is 8.42. The van der Waals surface area contributed by atoms with Crippen molar-refractivity contribution >= 4 is 23.1 Å². The maximum Gasteiger partial charge on any atom is 0.123 e. The summed E-state index contributed by atoms with van der Waals surface area (Å²) in [5, 5.41) is 12.0. The number of aromatic hydroxyl groups is 1. The maximum atomic E-state index is 9.68. The Morgan fingerprint density at radius 1 is 1.00 bits per heavy atom. The van der Waals surface area contributed by atoms with Gasteiger partial charge in [-0.25, -0.2) is 0 Å². The van der Waals surface area contributed by atoms with Crippen molar-refractivity contribution in [3.8, 4) is 16.9 Å². The number of isothiocyanates is 1. The van der Waals surface area contributed by atoms with Crippen LogP contribution in [-0.4, -0.2) is 10.3 Å². The van der Waals surface area contributed by atoms with Crippen molar-refractivity contribution in [1.82, 2.24) is 0 Å². The van der Waals surface area contributed by atoms with Crippen LogP contribution < -0.4 is 0 Å². The van der Waals surface area contributed by atoms with Crippen molar-refractivity contribution in [2.75, 3.05) is 0 Å². The molecule has 78 valence electrons. The molecule has 0 saturated carbocycles. The summed E-state index contributed by atoms with van der Waals surface area (Å²) in [5.74, 6) is 0.272. The van der Waals surface area contributed by atoms with Crippen LogP contribution in [0.2, 0.25) is 0 Å². The molecule has 0 unspecified atom stereocenters. The summed E-state index contributed by atoms with van der Waals surface area (Å²) in [4.78, 5) is 3.87. The zero-order valence-corrected chi connectivity index (χ0v) is 9.24. The molecule has 0 bridgehead atoms. The highest BCUT2D eigenvalue weighted by atomic mass is 32.1. The number of hydrogen-bond donors (Lipinski definition) is 1. The maximum absolute atomic E-state index is 9.68. The van der Waals surface area contributed by atoms with Gasteiger partial charge in [-0.05, 0) is 36.0 Å². The molecule has 0 aliphatic heterocycles. The van der Waals surface area contributed by atoms with Crippen molar-refractivity contribution in [2.24, 2.45) is 4.99 Å². The van der Waals surface area contributed by atoms with Gasteiger partial charge in [0.05, 0.1) is 10.8 Å². The molecule has 2 aromatic rings. The Hall–Kier alpha value is -1.96. The van der Waals surface area contributed by atoms with Gasteiger partial charge >= 0.3 is 0 Å². The summed E-state index contributed by atoms with van der Waals surface area (Å²) in [7, 11) is 0. The molecule has 3 heteroatoms. The van der Waals surface area contributed by atoms with Crippen LogP contribution in [0, 0.1) is 0 Å². The third kappa shape index (κ3) is 2.16. The number of para-hydroxylation sites is 1. The molecule has 16 heavy (non-hydrogen) atoms. The minimum Gasteiger partial charge on any atom is -0.507 e. The highest BCUT2D eigenvalue weighted by Gasteiger charge is 2.02. The predicted molar refractivity (Wildman–Crippen MR) is 68.2 cm³/mol. The van der Waals surface area contributed by atoms with Gasteiger partial charge in [-0.15, -0.1) is 0 Å². The summed E-state index contributed by atoms with van der Waals surface area (Å²) >= 11 is 4.52. The van der Waals surface area contributed by atoms with E-state index < -0.39 is 0 Å². The van der Waals surface area contributed by atoms with Crippen LogP contribution in [-0.2, 0) is 0 Å². The first-order chi connectivity index (χ1) is 7.81. The van der Waals surface area contributed by atoms with Gasteiger partial charge in [-0.2, -0.15) is 4.99 Å². The van der Waals surface area contributed by atoms with Crippen molar-refractivity contribution in [2.45, 2.75) is 0 Å². The third-order valence-corrected chi connectivity index (χ3v) is 2.35. The van der Waals surface area contributed by atoms with Gasteiger partial charge in [0.1, 0.15) is 5.75 Å². The standard InChI is InChI=1S/C13H9NOS/c15-13-4-2-1-3-12(13)10-5-7-11(8-6-10)14-9-16/h1-8,15H. The summed E-state index contributed by atoms with van der Waals surface area (Å²) in [6, 6.07) is 14.7. The number of thiocarbonyl (C=S) groups is 1. The van der Waals surface area contributed by atoms with E-state index in [0.717, 1.165) is 16.8 Å². The van der Waals surface area contributed by atoms with E-state index in [4.69, 9.17) is 0 Å². The fraction of sp³-hybridized carbons (Fsp3) is 0. The molecule has 2 rings (SSSR count). The molecular weight excluding hydrogens is 218 g/mol. The third-order valence-electron chi connectivity index (χ3n) is 2.26. The Labute approximate surface area is 98.9 Å². The Morgan fingerprint density at radius 3 is 2.31 bits per heavy atom. The monoisotopic (exact) mass is 227 g/mol. The quantitative estimate of drug-likeness (QED) is 0.625. The van der Waals surface area contributed by atoms with Crippen LogP contribution in [0.5, 0.6) is 5.75 Å². The lowest BCUT2D eigenvalue weighted by Crippen LogP contribution is -1.77. The van der Waals surface area contributed by atoms with E-state index in [2.05, 4.69) is 22.4 Å². The molecule has 0 saturated heterocycles. The van der Waals surface area contributed by atoms with E-state index >= 15 is 0 Å². The minimum absolute atomic E-state index is 0.272. The Kier molecular flexibility index (Phi) is 3.10. The number of nitrogens with zero attached hydrogens (tertiary/aromatic N) is 1. The first kappa shape index (κ1) is 10.6. The smallest absolute Gasteiger partial charge is 0.123 e. The van der Waals surface area contributed by atoms with Crippen molar-refractivity contribution in [3.05, 3.63) is 48.5 Å². The summed E-state index contributed by atoms with van der Waals surface area (Å²) in [6.07, 6.45) is 0. The van der Waals surface area contributed by atoms with Gasteiger partial charge in [-0.1, -0.05) is 30.3 Å². The van der Waals surface area contributed by atoms with Crippen molar-refractivity contribution < 1.29 is 5.11 Å². The molecule has 0 aromatic heterocycles. The van der Waals surface area contributed by atoms with Crippen LogP contribution in [0.25, 0.3) is 11.1 Å². The van der Waals surface area contributed by atoms with Gasteiger partial charge in [0.25, 0.3) is 0 Å². The SMILES string of the molecule is Oc1ccccc1-c1ccc(N=C=S)cc1. The van der Waals surface area contributed by atoms with Crippen LogP contribution in [0.4, 0.5) is 5.69 Å². The molecule has 0 spiro atoms. The molecule has 0 amide bonds. The number of rotatable bonds is 2. The fourth-order valence-corrected chi connectivity index (χ4v) is 1.59. The van der Waals surface area contributed by atoms with E-state index in [0.29, 0.717) is 0 Å². The lowest BCUT2D eigenvalue weighted by molar-refractivity contribution is 0.477. The zero-order chi connectivity index (χ0) is 11.4. The van der Waals surface area contributed by atoms with Gasteiger partial charge in [0, 0.05) is 5.56 Å². The molecule has 0 radical (unpaired) electrons. The van der Waals surface area contributed by atoms with Crippen LogP contribution in [0.15, 0.2) is 53.5 Å². The first-order valence-corrected chi connectivity index (χ1v) is 5.18. The Bertz CT molecular complexity index is 542. The Morgan fingerprint density at radius 2 is 1.69 bits per heavy atom. The molecule has 2 aromatic carbocycles. The second-order valence-electron chi connectivity index (χ2n) is 3.27. The average Bonchev–Trinajstić information content (AvgIpc) is 2.31. The molecule has 2 nitrogen and oxygen atoms in total. The lowest BCUT2D eigenvalue weighted by Gasteiger charge is -2.03. The topological polar surface area (TPSA) is 32.6 Å². The number of phenols is 1. The van der Waals surface area contributed by atoms with Gasteiger partial charge < -0.3 is 5.11 Å². The van der Waals surface area contributed by atoms with E-state index in [1.807, 2.05) is 36.4 Å². The lowest BCUT2D eigenvalue weighted by atomic mass is 10.0. The van der Waals surface area contributed by atoms with E-state index in [1.165, 1.54) is 0 Å². The fourth-order valence-electron chi connectivity index (χ4n) is 1.49. The minimum atomic E-state index is 0.272. The number of aliphatic imine (C=N–C) groups is 1. The summed E-state index contributed by atoms with van der Waals surface area (Å²) in [6.45, 7) is 0. The Balaban J connectivity index is 2.42. The normalized spacial score (nSPS) is 9.50. The summed E-state index contributed by atoms with van der Waals surface area (Å²) in [5.41, 5.74) is 2.51.